The highest BCUT2D eigenvalue weighted by molar-refractivity contribution is 5.94. The number of aromatic hydroxyl groups is 2. The van der Waals surface area contributed by atoms with Crippen LogP contribution in [0, 0.1) is 5.82 Å². The highest BCUT2D eigenvalue weighted by Crippen LogP contribution is 2.25. The summed E-state index contributed by atoms with van der Waals surface area (Å²) in [6, 6.07) is 8.76. The quantitative estimate of drug-likeness (QED) is 0.645. The summed E-state index contributed by atoms with van der Waals surface area (Å²) in [4.78, 5) is 11.9. The minimum Gasteiger partial charge on any atom is -0.504 e. The molecule has 0 unspecified atom stereocenters. The predicted molar refractivity (Wildman–Crippen MR) is 76.5 cm³/mol. The summed E-state index contributed by atoms with van der Waals surface area (Å²) < 4.78 is 12.8. The van der Waals surface area contributed by atoms with Gasteiger partial charge in [-0.25, -0.2) is 4.39 Å². The van der Waals surface area contributed by atoms with E-state index in [2.05, 4.69) is 5.32 Å². The fourth-order valence-electron chi connectivity index (χ4n) is 1.81. The maximum atomic E-state index is 12.8. The largest absolute Gasteiger partial charge is 0.504 e. The molecule has 0 aliphatic rings. The van der Waals surface area contributed by atoms with E-state index in [1.807, 2.05) is 0 Å². The van der Waals surface area contributed by atoms with Gasteiger partial charge in [-0.3, -0.25) is 4.79 Å². The highest BCUT2D eigenvalue weighted by atomic mass is 19.1. The fourth-order valence-corrected chi connectivity index (χ4v) is 1.81. The Labute approximate surface area is 120 Å². The van der Waals surface area contributed by atoms with Crippen molar-refractivity contribution in [2.75, 3.05) is 5.32 Å². The van der Waals surface area contributed by atoms with Crippen LogP contribution in [0.3, 0.4) is 0 Å². The molecule has 0 heterocycles. The van der Waals surface area contributed by atoms with Crippen LogP contribution < -0.4 is 11.1 Å². The van der Waals surface area contributed by atoms with Crippen molar-refractivity contribution < 1.29 is 19.4 Å². The van der Waals surface area contributed by atoms with Crippen LogP contribution in [-0.2, 0) is 11.2 Å². The molecule has 0 saturated carbocycles. The van der Waals surface area contributed by atoms with Gasteiger partial charge in [0, 0.05) is 5.69 Å². The van der Waals surface area contributed by atoms with Gasteiger partial charge in [0.2, 0.25) is 5.91 Å². The van der Waals surface area contributed by atoms with Crippen LogP contribution in [0.25, 0.3) is 0 Å². The van der Waals surface area contributed by atoms with Crippen molar-refractivity contribution in [1.29, 1.82) is 0 Å². The van der Waals surface area contributed by atoms with E-state index in [0.29, 0.717) is 11.3 Å². The highest BCUT2D eigenvalue weighted by Gasteiger charge is 2.15. The van der Waals surface area contributed by atoms with E-state index in [9.17, 15) is 19.4 Å². The number of carbonyl (C=O) groups is 1. The number of nitrogens with two attached hydrogens (primary N) is 1. The van der Waals surface area contributed by atoms with Crippen molar-refractivity contribution in [2.24, 2.45) is 5.73 Å². The maximum absolute atomic E-state index is 12.8. The molecule has 0 radical (unpaired) electrons. The summed E-state index contributed by atoms with van der Waals surface area (Å²) in [5.41, 5.74) is 6.85. The molecule has 1 atom stereocenters. The van der Waals surface area contributed by atoms with Crippen LogP contribution in [0.2, 0.25) is 0 Å². The Balaban J connectivity index is 1.98. The molecule has 0 aromatic heterocycles. The second kappa shape index (κ2) is 6.23. The molecule has 5 N–H and O–H groups in total. The Morgan fingerprint density at radius 1 is 1.14 bits per heavy atom. The second-order valence-electron chi connectivity index (χ2n) is 4.63. The number of phenols is 2. The average molecular weight is 290 g/mol. The summed E-state index contributed by atoms with van der Waals surface area (Å²) in [5, 5.41) is 21.2. The summed E-state index contributed by atoms with van der Waals surface area (Å²) in [6.07, 6.45) is 0.195. The first-order valence-corrected chi connectivity index (χ1v) is 6.28. The number of phenolic OH excluding ortho intramolecular Hbond substituents is 2. The number of carbonyl (C=O) groups excluding carboxylic acids is 1. The Morgan fingerprint density at radius 2 is 1.81 bits per heavy atom. The molecular formula is C15H15FN2O3. The molecule has 0 aliphatic carbocycles. The van der Waals surface area contributed by atoms with Crippen LogP contribution in [0.1, 0.15) is 5.56 Å². The molecule has 0 fully saturated rings. The van der Waals surface area contributed by atoms with E-state index in [1.165, 1.54) is 36.4 Å². The van der Waals surface area contributed by atoms with Crippen LogP contribution in [0.4, 0.5) is 10.1 Å². The van der Waals surface area contributed by atoms with Gasteiger partial charge < -0.3 is 21.3 Å². The molecule has 0 saturated heterocycles. The average Bonchev–Trinajstić information content (AvgIpc) is 2.45. The molecule has 2 aromatic rings. The van der Waals surface area contributed by atoms with Gasteiger partial charge in [-0.2, -0.15) is 0 Å². The van der Waals surface area contributed by atoms with Gasteiger partial charge in [-0.15, -0.1) is 0 Å². The molecule has 0 bridgehead atoms. The molecule has 2 aromatic carbocycles. The minimum atomic E-state index is -0.834. The lowest BCUT2D eigenvalue weighted by molar-refractivity contribution is -0.117. The Morgan fingerprint density at radius 3 is 2.43 bits per heavy atom. The first-order chi connectivity index (χ1) is 9.95. The van der Waals surface area contributed by atoms with Gasteiger partial charge in [0.1, 0.15) is 5.82 Å². The minimum absolute atomic E-state index is 0.195. The summed E-state index contributed by atoms with van der Waals surface area (Å²) >= 11 is 0. The third kappa shape index (κ3) is 3.93. The van der Waals surface area contributed by atoms with Gasteiger partial charge in [0.25, 0.3) is 0 Å². The van der Waals surface area contributed by atoms with E-state index in [4.69, 9.17) is 5.73 Å². The number of hydrogen-bond acceptors (Lipinski definition) is 4. The van der Waals surface area contributed by atoms with Crippen molar-refractivity contribution in [2.45, 2.75) is 12.5 Å². The third-order valence-corrected chi connectivity index (χ3v) is 2.94. The lowest BCUT2D eigenvalue weighted by Crippen LogP contribution is -2.37. The maximum Gasteiger partial charge on any atom is 0.241 e. The topological polar surface area (TPSA) is 95.6 Å². The van der Waals surface area contributed by atoms with E-state index < -0.39 is 17.8 Å². The molecule has 1 amide bonds. The van der Waals surface area contributed by atoms with Crippen molar-refractivity contribution in [3.05, 3.63) is 53.8 Å². The second-order valence-corrected chi connectivity index (χ2v) is 4.63. The zero-order valence-electron chi connectivity index (χ0n) is 11.1. The van der Waals surface area contributed by atoms with Crippen molar-refractivity contribution in [3.8, 4) is 11.5 Å². The number of nitrogens with one attached hydrogen (secondary N) is 1. The van der Waals surface area contributed by atoms with Crippen molar-refractivity contribution in [1.82, 2.24) is 0 Å². The molecule has 5 nitrogen and oxygen atoms in total. The SMILES string of the molecule is N[C@@H](Cc1ccc(O)c(O)c1)C(=O)Nc1ccc(F)cc1. The van der Waals surface area contributed by atoms with Crippen LogP contribution in [0.15, 0.2) is 42.5 Å². The predicted octanol–water partition coefficient (Wildman–Crippen LogP) is 1.75. The van der Waals surface area contributed by atoms with Gasteiger partial charge >= 0.3 is 0 Å². The van der Waals surface area contributed by atoms with Crippen molar-refractivity contribution >= 4 is 11.6 Å². The lowest BCUT2D eigenvalue weighted by atomic mass is 10.1. The standard InChI is InChI=1S/C15H15FN2O3/c16-10-2-4-11(5-3-10)18-15(21)12(17)7-9-1-6-13(19)14(20)8-9/h1-6,8,12,19-20H,7,17H2,(H,18,21)/t12-/m0/s1. The van der Waals surface area contributed by atoms with E-state index in [0.717, 1.165) is 0 Å². The zero-order valence-corrected chi connectivity index (χ0v) is 11.1. The zero-order chi connectivity index (χ0) is 15.4. The van der Waals surface area contributed by atoms with Gasteiger partial charge in [0.15, 0.2) is 11.5 Å². The third-order valence-electron chi connectivity index (χ3n) is 2.94. The van der Waals surface area contributed by atoms with Gasteiger partial charge in [-0.1, -0.05) is 6.07 Å². The first-order valence-electron chi connectivity index (χ1n) is 6.28. The van der Waals surface area contributed by atoms with Crippen LogP contribution >= 0.6 is 0 Å². The molecule has 0 aliphatic heterocycles. The van der Waals surface area contributed by atoms with Crippen LogP contribution in [0.5, 0.6) is 11.5 Å². The summed E-state index contributed by atoms with van der Waals surface area (Å²) in [6.45, 7) is 0. The van der Waals surface area contributed by atoms with E-state index >= 15 is 0 Å². The molecule has 6 heteroatoms. The van der Waals surface area contributed by atoms with Crippen LogP contribution in [-0.4, -0.2) is 22.2 Å². The molecular weight excluding hydrogens is 275 g/mol. The Hall–Kier alpha value is -2.60. The number of hydrogen-bond donors (Lipinski definition) is 4. The molecule has 2 rings (SSSR count). The van der Waals surface area contributed by atoms with Gasteiger partial charge in [0.05, 0.1) is 6.04 Å². The monoisotopic (exact) mass is 290 g/mol. The number of rotatable bonds is 4. The number of anilines is 1. The normalized spacial score (nSPS) is 11.9. The number of benzene rings is 2. The van der Waals surface area contributed by atoms with E-state index in [1.54, 1.807) is 6.07 Å². The summed E-state index contributed by atoms with van der Waals surface area (Å²) in [7, 11) is 0. The molecule has 110 valence electrons. The van der Waals surface area contributed by atoms with Crippen molar-refractivity contribution in [3.63, 3.8) is 0 Å². The Kier molecular flexibility index (Phi) is 4.39. The lowest BCUT2D eigenvalue weighted by Gasteiger charge is -2.13. The molecule has 0 spiro atoms. The smallest absolute Gasteiger partial charge is 0.241 e. The summed E-state index contributed by atoms with van der Waals surface area (Å²) in [5.74, 6) is -1.31. The van der Waals surface area contributed by atoms with Gasteiger partial charge in [-0.05, 0) is 48.4 Å². The first kappa shape index (κ1) is 14.8. The molecule has 21 heavy (non-hydrogen) atoms. The fraction of sp³-hybridized carbons (Fsp3) is 0.133. The number of halogens is 1. The van der Waals surface area contributed by atoms with E-state index in [-0.39, 0.29) is 17.9 Å². The Bertz CT molecular complexity index is 644. The number of amides is 1.